The molecule has 0 radical (unpaired) electrons. The first kappa shape index (κ1) is 9.01. The van der Waals surface area contributed by atoms with Crippen molar-refractivity contribution in [3.8, 4) is 0 Å². The van der Waals surface area contributed by atoms with Gasteiger partial charge in [-0.05, 0) is 32.4 Å². The van der Waals surface area contributed by atoms with Gasteiger partial charge in [-0.1, -0.05) is 13.8 Å². The molecule has 2 heteroatoms. The van der Waals surface area contributed by atoms with Gasteiger partial charge in [0.25, 0.3) is 0 Å². The lowest BCUT2D eigenvalue weighted by Gasteiger charge is -2.30. The Morgan fingerprint density at radius 1 is 1.18 bits per heavy atom. The molecule has 2 saturated heterocycles. The molecule has 2 nitrogen and oxygen atoms in total. The molecule has 0 aromatic carbocycles. The number of fused-ring (bicyclic) bond motifs is 1. The molecule has 2 rings (SSSR count). The Morgan fingerprint density at radius 3 is 2.64 bits per heavy atom. The minimum atomic E-state index is 0.749. The molecule has 2 fully saturated rings. The lowest BCUT2D eigenvalue weighted by atomic mass is 10.2. The van der Waals surface area contributed by atoms with Crippen molar-refractivity contribution in [1.29, 1.82) is 0 Å². The summed E-state index contributed by atoms with van der Waals surface area (Å²) in [4.78, 5) is 2.56. The SMILES string of the molecule is C1CNC2CCCN2C1.CC. The molecule has 0 bridgehead atoms. The van der Waals surface area contributed by atoms with Crippen LogP contribution >= 0.6 is 0 Å². The number of rotatable bonds is 0. The van der Waals surface area contributed by atoms with E-state index in [2.05, 4.69) is 10.2 Å². The third-order valence-electron chi connectivity index (χ3n) is 2.37. The summed E-state index contributed by atoms with van der Waals surface area (Å²) in [5.74, 6) is 0. The Hall–Kier alpha value is -0.0800. The highest BCUT2D eigenvalue weighted by Crippen LogP contribution is 2.17. The van der Waals surface area contributed by atoms with Gasteiger partial charge in [-0.3, -0.25) is 4.90 Å². The molecule has 2 aliphatic rings. The van der Waals surface area contributed by atoms with Crippen LogP contribution in [0.25, 0.3) is 0 Å². The van der Waals surface area contributed by atoms with Crippen LogP contribution in [0.15, 0.2) is 0 Å². The molecular formula is C9H20N2. The highest BCUT2D eigenvalue weighted by atomic mass is 15.3. The van der Waals surface area contributed by atoms with Crippen molar-refractivity contribution in [3.63, 3.8) is 0 Å². The van der Waals surface area contributed by atoms with Crippen molar-refractivity contribution in [2.75, 3.05) is 19.6 Å². The van der Waals surface area contributed by atoms with E-state index in [0.717, 1.165) is 6.17 Å². The molecule has 2 heterocycles. The van der Waals surface area contributed by atoms with Crippen molar-refractivity contribution in [1.82, 2.24) is 10.2 Å². The standard InChI is InChI=1S/C7H14N2.C2H6/c1-3-7-8-4-2-6-9(7)5-1;1-2/h7-8H,1-6H2;1-2H3. The topological polar surface area (TPSA) is 15.3 Å². The van der Waals surface area contributed by atoms with E-state index in [0.29, 0.717) is 0 Å². The first-order chi connectivity index (χ1) is 5.47. The van der Waals surface area contributed by atoms with Crippen LogP contribution in [0.1, 0.15) is 33.1 Å². The van der Waals surface area contributed by atoms with Gasteiger partial charge in [-0.15, -0.1) is 0 Å². The van der Waals surface area contributed by atoms with Gasteiger partial charge in [-0.25, -0.2) is 0 Å². The minimum absolute atomic E-state index is 0.749. The zero-order valence-corrected chi connectivity index (χ0v) is 7.77. The van der Waals surface area contributed by atoms with Crippen molar-refractivity contribution >= 4 is 0 Å². The van der Waals surface area contributed by atoms with Crippen molar-refractivity contribution in [3.05, 3.63) is 0 Å². The Morgan fingerprint density at radius 2 is 1.91 bits per heavy atom. The van der Waals surface area contributed by atoms with E-state index in [-0.39, 0.29) is 0 Å². The third-order valence-corrected chi connectivity index (χ3v) is 2.37. The van der Waals surface area contributed by atoms with E-state index in [1.807, 2.05) is 13.8 Å². The average molecular weight is 156 g/mol. The zero-order chi connectivity index (χ0) is 8.10. The van der Waals surface area contributed by atoms with Crippen LogP contribution in [-0.4, -0.2) is 30.7 Å². The number of nitrogens with one attached hydrogen (secondary N) is 1. The summed E-state index contributed by atoms with van der Waals surface area (Å²) in [5.41, 5.74) is 0. The molecule has 0 aromatic heterocycles. The predicted octanol–water partition coefficient (Wildman–Crippen LogP) is 1.43. The van der Waals surface area contributed by atoms with Gasteiger partial charge in [-0.2, -0.15) is 0 Å². The smallest absolute Gasteiger partial charge is 0.0597 e. The van der Waals surface area contributed by atoms with Crippen LogP contribution in [0.5, 0.6) is 0 Å². The summed E-state index contributed by atoms with van der Waals surface area (Å²) in [6.07, 6.45) is 4.87. The normalized spacial score (nSPS) is 30.5. The predicted molar refractivity (Wildman–Crippen MR) is 48.6 cm³/mol. The second kappa shape index (κ2) is 4.73. The van der Waals surface area contributed by atoms with Gasteiger partial charge in [0, 0.05) is 6.54 Å². The fourth-order valence-electron chi connectivity index (χ4n) is 1.88. The summed E-state index contributed by atoms with van der Waals surface area (Å²) in [5, 5.41) is 3.51. The molecule has 0 amide bonds. The second-order valence-corrected chi connectivity index (χ2v) is 3.00. The lowest BCUT2D eigenvalue weighted by Crippen LogP contribution is -2.47. The fourth-order valence-corrected chi connectivity index (χ4v) is 1.88. The van der Waals surface area contributed by atoms with Gasteiger partial charge in [0.05, 0.1) is 6.17 Å². The van der Waals surface area contributed by atoms with Gasteiger partial charge >= 0.3 is 0 Å². The molecule has 0 saturated carbocycles. The quantitative estimate of drug-likeness (QED) is 0.571. The van der Waals surface area contributed by atoms with E-state index in [1.165, 1.54) is 38.9 Å². The number of hydrogen-bond donors (Lipinski definition) is 1. The van der Waals surface area contributed by atoms with Gasteiger partial charge < -0.3 is 5.32 Å². The summed E-state index contributed by atoms with van der Waals surface area (Å²) in [6.45, 7) is 7.90. The molecule has 11 heavy (non-hydrogen) atoms. The van der Waals surface area contributed by atoms with Crippen LogP contribution in [0.3, 0.4) is 0 Å². The molecule has 1 unspecified atom stereocenters. The molecule has 66 valence electrons. The maximum absolute atomic E-state index is 3.51. The summed E-state index contributed by atoms with van der Waals surface area (Å²) in [6, 6.07) is 0. The highest BCUT2D eigenvalue weighted by molar-refractivity contribution is 4.80. The molecule has 0 aromatic rings. The Balaban J connectivity index is 0.000000281. The van der Waals surface area contributed by atoms with Gasteiger partial charge in [0.15, 0.2) is 0 Å². The average Bonchev–Trinajstić information content (AvgIpc) is 2.55. The van der Waals surface area contributed by atoms with E-state index < -0.39 is 0 Å². The van der Waals surface area contributed by atoms with Gasteiger partial charge in [0.2, 0.25) is 0 Å². The van der Waals surface area contributed by atoms with Crippen LogP contribution in [0.4, 0.5) is 0 Å². The first-order valence-corrected chi connectivity index (χ1v) is 4.94. The number of nitrogens with zero attached hydrogens (tertiary/aromatic N) is 1. The first-order valence-electron chi connectivity index (χ1n) is 4.94. The van der Waals surface area contributed by atoms with E-state index >= 15 is 0 Å². The van der Waals surface area contributed by atoms with Crippen molar-refractivity contribution in [2.45, 2.75) is 39.3 Å². The lowest BCUT2D eigenvalue weighted by molar-refractivity contribution is 0.179. The zero-order valence-electron chi connectivity index (χ0n) is 7.77. The minimum Gasteiger partial charge on any atom is -0.302 e. The molecule has 0 spiro atoms. The number of hydrogen-bond acceptors (Lipinski definition) is 2. The van der Waals surface area contributed by atoms with E-state index in [9.17, 15) is 0 Å². The molecule has 1 N–H and O–H groups in total. The maximum atomic E-state index is 3.51. The Kier molecular flexibility index (Phi) is 3.87. The fraction of sp³-hybridized carbons (Fsp3) is 1.00. The summed E-state index contributed by atoms with van der Waals surface area (Å²) < 4.78 is 0. The highest BCUT2D eigenvalue weighted by Gasteiger charge is 2.25. The third kappa shape index (κ3) is 2.17. The maximum Gasteiger partial charge on any atom is 0.0597 e. The van der Waals surface area contributed by atoms with E-state index in [1.54, 1.807) is 0 Å². The largest absolute Gasteiger partial charge is 0.302 e. The molecule has 1 atom stereocenters. The molecule has 0 aliphatic carbocycles. The van der Waals surface area contributed by atoms with Crippen LogP contribution in [0.2, 0.25) is 0 Å². The molecular weight excluding hydrogens is 136 g/mol. The van der Waals surface area contributed by atoms with Crippen LogP contribution in [0, 0.1) is 0 Å². The van der Waals surface area contributed by atoms with Gasteiger partial charge in [0.1, 0.15) is 0 Å². The second-order valence-electron chi connectivity index (χ2n) is 3.00. The van der Waals surface area contributed by atoms with E-state index in [4.69, 9.17) is 0 Å². The monoisotopic (exact) mass is 156 g/mol. The van der Waals surface area contributed by atoms with Crippen molar-refractivity contribution < 1.29 is 0 Å². The Labute approximate surface area is 70.0 Å². The van der Waals surface area contributed by atoms with Crippen LogP contribution in [-0.2, 0) is 0 Å². The summed E-state index contributed by atoms with van der Waals surface area (Å²) >= 11 is 0. The Bertz CT molecular complexity index is 91.7. The summed E-state index contributed by atoms with van der Waals surface area (Å²) in [7, 11) is 0. The van der Waals surface area contributed by atoms with Crippen molar-refractivity contribution in [2.24, 2.45) is 0 Å². The molecule has 2 aliphatic heterocycles. The van der Waals surface area contributed by atoms with Crippen LogP contribution < -0.4 is 5.32 Å².